The molecule has 1 aliphatic carbocycles. The first-order valence-electron chi connectivity index (χ1n) is 7.59. The van der Waals surface area contributed by atoms with Gasteiger partial charge in [-0.1, -0.05) is 50.4 Å². The van der Waals surface area contributed by atoms with Gasteiger partial charge in [0.1, 0.15) is 0 Å². The highest BCUT2D eigenvalue weighted by Crippen LogP contribution is 2.31. The van der Waals surface area contributed by atoms with Crippen LogP contribution in [-0.2, 0) is 0 Å². The summed E-state index contributed by atoms with van der Waals surface area (Å²) < 4.78 is 0. The molecule has 19 heavy (non-hydrogen) atoms. The summed E-state index contributed by atoms with van der Waals surface area (Å²) in [6.45, 7) is 6.98. The van der Waals surface area contributed by atoms with Gasteiger partial charge in [0.25, 0.3) is 0 Å². The molecule has 1 nitrogen and oxygen atoms in total. The predicted octanol–water partition coefficient (Wildman–Crippen LogP) is 5.21. The third kappa shape index (κ3) is 3.97. The summed E-state index contributed by atoms with van der Waals surface area (Å²) in [6, 6.07) is 9.30. The van der Waals surface area contributed by atoms with Crippen LogP contribution in [0.5, 0.6) is 0 Å². The fourth-order valence-electron chi connectivity index (χ4n) is 3.33. The number of benzene rings is 1. The number of hydrogen-bond acceptors (Lipinski definition) is 1. The average Bonchev–Trinajstić information content (AvgIpc) is 2.39. The summed E-state index contributed by atoms with van der Waals surface area (Å²) in [5.41, 5.74) is 1.33. The molecule has 0 amide bonds. The van der Waals surface area contributed by atoms with E-state index in [9.17, 15) is 0 Å². The van der Waals surface area contributed by atoms with Crippen molar-refractivity contribution in [2.75, 3.05) is 0 Å². The Balaban J connectivity index is 2.00. The Kier molecular flexibility index (Phi) is 5.29. The van der Waals surface area contributed by atoms with Gasteiger partial charge in [-0.3, -0.25) is 0 Å². The van der Waals surface area contributed by atoms with Crippen molar-refractivity contribution in [2.24, 2.45) is 11.8 Å². The predicted molar refractivity (Wildman–Crippen MR) is 83.6 cm³/mol. The van der Waals surface area contributed by atoms with Crippen LogP contribution >= 0.6 is 11.6 Å². The standard InChI is InChI=1S/C17H26ClN/c1-12(2)16-6-4-5-7-17(16)19-13(3)14-8-10-15(18)11-9-14/h8-13,16-17,19H,4-7H2,1-3H3/t13-,16?,17?/m1/s1. The molecule has 2 heteroatoms. The van der Waals surface area contributed by atoms with Gasteiger partial charge in [-0.05, 0) is 49.3 Å². The van der Waals surface area contributed by atoms with Gasteiger partial charge < -0.3 is 5.32 Å². The number of rotatable bonds is 4. The summed E-state index contributed by atoms with van der Waals surface area (Å²) in [5.74, 6) is 1.60. The molecule has 106 valence electrons. The second-order valence-electron chi connectivity index (χ2n) is 6.24. The SMILES string of the molecule is CC(C)C1CCCCC1N[C@H](C)c1ccc(Cl)cc1. The third-order valence-electron chi connectivity index (χ3n) is 4.51. The van der Waals surface area contributed by atoms with Crippen molar-refractivity contribution in [1.29, 1.82) is 0 Å². The molecule has 1 aromatic rings. The van der Waals surface area contributed by atoms with Crippen LogP contribution < -0.4 is 5.32 Å². The molecule has 1 N–H and O–H groups in total. The average molecular weight is 280 g/mol. The molecule has 1 aliphatic rings. The minimum Gasteiger partial charge on any atom is -0.307 e. The maximum absolute atomic E-state index is 5.95. The molecular formula is C17H26ClN. The summed E-state index contributed by atoms with van der Waals surface area (Å²) in [6.07, 6.45) is 5.47. The Morgan fingerprint density at radius 1 is 1.05 bits per heavy atom. The number of nitrogens with one attached hydrogen (secondary N) is 1. The maximum atomic E-state index is 5.95. The van der Waals surface area contributed by atoms with Crippen LogP contribution in [0, 0.1) is 11.8 Å². The molecular weight excluding hydrogens is 254 g/mol. The second kappa shape index (κ2) is 6.76. The van der Waals surface area contributed by atoms with Gasteiger partial charge in [-0.2, -0.15) is 0 Å². The van der Waals surface area contributed by atoms with Crippen LogP contribution in [0.3, 0.4) is 0 Å². The third-order valence-corrected chi connectivity index (χ3v) is 4.76. The zero-order valence-corrected chi connectivity index (χ0v) is 13.1. The largest absolute Gasteiger partial charge is 0.307 e. The highest BCUT2D eigenvalue weighted by Gasteiger charge is 2.28. The minimum absolute atomic E-state index is 0.404. The number of halogens is 1. The van der Waals surface area contributed by atoms with E-state index < -0.39 is 0 Å². The van der Waals surface area contributed by atoms with Crippen molar-refractivity contribution in [3.05, 3.63) is 34.9 Å². The van der Waals surface area contributed by atoms with E-state index in [4.69, 9.17) is 11.6 Å². The molecule has 1 aromatic carbocycles. The van der Waals surface area contributed by atoms with E-state index in [-0.39, 0.29) is 0 Å². The molecule has 0 aliphatic heterocycles. The minimum atomic E-state index is 0.404. The lowest BCUT2D eigenvalue weighted by Crippen LogP contribution is -2.42. The van der Waals surface area contributed by atoms with Crippen LogP contribution in [0.25, 0.3) is 0 Å². The van der Waals surface area contributed by atoms with Gasteiger partial charge in [0.15, 0.2) is 0 Å². The molecule has 0 saturated heterocycles. The van der Waals surface area contributed by atoms with E-state index in [0.29, 0.717) is 12.1 Å². The van der Waals surface area contributed by atoms with Gasteiger partial charge in [0.2, 0.25) is 0 Å². The lowest BCUT2D eigenvalue weighted by atomic mass is 9.77. The van der Waals surface area contributed by atoms with Gasteiger partial charge >= 0.3 is 0 Å². The molecule has 1 saturated carbocycles. The van der Waals surface area contributed by atoms with Crippen molar-refractivity contribution in [1.82, 2.24) is 5.32 Å². The van der Waals surface area contributed by atoms with Crippen LogP contribution in [0.15, 0.2) is 24.3 Å². The fraction of sp³-hybridized carbons (Fsp3) is 0.647. The quantitative estimate of drug-likeness (QED) is 0.798. The molecule has 2 rings (SSSR count). The normalized spacial score (nSPS) is 25.5. The molecule has 0 radical (unpaired) electrons. The van der Waals surface area contributed by atoms with Crippen LogP contribution in [0.1, 0.15) is 58.1 Å². The van der Waals surface area contributed by atoms with Crippen molar-refractivity contribution < 1.29 is 0 Å². The molecule has 2 unspecified atom stereocenters. The molecule has 0 spiro atoms. The van der Waals surface area contributed by atoms with E-state index in [1.54, 1.807) is 0 Å². The Bertz CT molecular complexity index is 385. The molecule has 1 fully saturated rings. The van der Waals surface area contributed by atoms with Crippen LogP contribution in [-0.4, -0.2) is 6.04 Å². The maximum Gasteiger partial charge on any atom is 0.0406 e. The van der Waals surface area contributed by atoms with E-state index in [0.717, 1.165) is 16.9 Å². The Morgan fingerprint density at radius 2 is 1.68 bits per heavy atom. The number of hydrogen-bond donors (Lipinski definition) is 1. The lowest BCUT2D eigenvalue weighted by Gasteiger charge is -2.37. The molecule has 3 atom stereocenters. The monoisotopic (exact) mass is 279 g/mol. The zero-order valence-electron chi connectivity index (χ0n) is 12.3. The molecule has 0 aromatic heterocycles. The second-order valence-corrected chi connectivity index (χ2v) is 6.68. The Morgan fingerprint density at radius 3 is 2.32 bits per heavy atom. The van der Waals surface area contributed by atoms with E-state index in [2.05, 4.69) is 38.2 Å². The topological polar surface area (TPSA) is 12.0 Å². The van der Waals surface area contributed by atoms with Crippen LogP contribution in [0.4, 0.5) is 0 Å². The van der Waals surface area contributed by atoms with E-state index in [1.165, 1.54) is 31.2 Å². The summed E-state index contributed by atoms with van der Waals surface area (Å²) >= 11 is 5.95. The highest BCUT2D eigenvalue weighted by atomic mass is 35.5. The van der Waals surface area contributed by atoms with Crippen LogP contribution in [0.2, 0.25) is 5.02 Å². The zero-order chi connectivity index (χ0) is 13.8. The van der Waals surface area contributed by atoms with Crippen molar-refractivity contribution in [3.63, 3.8) is 0 Å². The Hall–Kier alpha value is -0.530. The fourth-order valence-corrected chi connectivity index (χ4v) is 3.46. The molecule has 0 heterocycles. The lowest BCUT2D eigenvalue weighted by molar-refractivity contribution is 0.195. The van der Waals surface area contributed by atoms with E-state index in [1.807, 2.05) is 12.1 Å². The smallest absolute Gasteiger partial charge is 0.0406 e. The summed E-state index contributed by atoms with van der Waals surface area (Å²) in [7, 11) is 0. The van der Waals surface area contributed by atoms with Gasteiger partial charge in [0, 0.05) is 17.1 Å². The van der Waals surface area contributed by atoms with Crippen molar-refractivity contribution in [2.45, 2.75) is 58.5 Å². The van der Waals surface area contributed by atoms with Gasteiger partial charge in [-0.15, -0.1) is 0 Å². The Labute approximate surface area is 122 Å². The van der Waals surface area contributed by atoms with Gasteiger partial charge in [0.05, 0.1) is 0 Å². The summed E-state index contributed by atoms with van der Waals surface area (Å²) in [4.78, 5) is 0. The van der Waals surface area contributed by atoms with Gasteiger partial charge in [-0.25, -0.2) is 0 Å². The molecule has 0 bridgehead atoms. The highest BCUT2D eigenvalue weighted by molar-refractivity contribution is 6.30. The first-order valence-corrected chi connectivity index (χ1v) is 7.97. The van der Waals surface area contributed by atoms with Crippen molar-refractivity contribution in [3.8, 4) is 0 Å². The summed E-state index contributed by atoms with van der Waals surface area (Å²) in [5, 5.41) is 4.66. The van der Waals surface area contributed by atoms with E-state index >= 15 is 0 Å². The van der Waals surface area contributed by atoms with Crippen molar-refractivity contribution >= 4 is 11.6 Å². The first-order chi connectivity index (χ1) is 9.08. The first kappa shape index (κ1) is 14.9.